The smallest absolute Gasteiger partial charge is 0.311 e. The van der Waals surface area contributed by atoms with Crippen LogP contribution >= 0.6 is 11.6 Å². The molecule has 0 aromatic heterocycles. The van der Waals surface area contributed by atoms with Gasteiger partial charge in [-0.2, -0.15) is 0 Å². The number of aryl methyl sites for hydroxylation is 1. The molecule has 0 radical (unpaired) electrons. The summed E-state index contributed by atoms with van der Waals surface area (Å²) < 4.78 is 5.21. The molecule has 1 unspecified atom stereocenters. The Morgan fingerprint density at radius 3 is 2.57 bits per heavy atom. The van der Waals surface area contributed by atoms with Gasteiger partial charge in [-0.25, -0.2) is 0 Å². The molecule has 0 aliphatic carbocycles. The second-order valence-electron chi connectivity index (χ2n) is 4.92. The van der Waals surface area contributed by atoms with Crippen LogP contribution in [0.15, 0.2) is 42.5 Å². The van der Waals surface area contributed by atoms with E-state index in [0.29, 0.717) is 11.4 Å². The van der Waals surface area contributed by atoms with Crippen molar-refractivity contribution in [3.05, 3.63) is 64.2 Å². The summed E-state index contributed by atoms with van der Waals surface area (Å²) in [5, 5.41) is 10.1. The van der Waals surface area contributed by atoms with E-state index in [1.165, 1.54) is 0 Å². The van der Waals surface area contributed by atoms with Gasteiger partial charge in [0.2, 0.25) is 0 Å². The van der Waals surface area contributed by atoms with Crippen LogP contribution in [0.5, 0.6) is 5.75 Å². The van der Waals surface area contributed by atoms with E-state index in [2.05, 4.69) is 0 Å². The molecule has 3 nitrogen and oxygen atoms in total. The Balaban J connectivity index is 2.34. The Kier molecular flexibility index (Phi) is 4.86. The summed E-state index contributed by atoms with van der Waals surface area (Å²) in [6.45, 7) is 1.90. The molecule has 1 atom stereocenters. The maximum Gasteiger partial charge on any atom is 0.311 e. The summed E-state index contributed by atoms with van der Waals surface area (Å²) in [5.41, 5.74) is 2.50. The van der Waals surface area contributed by atoms with Crippen molar-refractivity contribution in [2.75, 3.05) is 7.11 Å². The molecule has 0 amide bonds. The van der Waals surface area contributed by atoms with Crippen LogP contribution in [0.1, 0.15) is 22.6 Å². The highest BCUT2D eigenvalue weighted by molar-refractivity contribution is 6.31. The van der Waals surface area contributed by atoms with Crippen LogP contribution in [0.4, 0.5) is 0 Å². The summed E-state index contributed by atoms with van der Waals surface area (Å²) in [6.07, 6.45) is 0.362. The van der Waals surface area contributed by atoms with Gasteiger partial charge in [-0.15, -0.1) is 0 Å². The van der Waals surface area contributed by atoms with Gasteiger partial charge in [-0.1, -0.05) is 41.9 Å². The molecule has 110 valence electrons. The first-order valence-electron chi connectivity index (χ1n) is 6.63. The maximum absolute atomic E-state index is 11.6. The molecule has 0 aliphatic heterocycles. The van der Waals surface area contributed by atoms with Crippen molar-refractivity contribution in [3.63, 3.8) is 0 Å². The lowest BCUT2D eigenvalue weighted by molar-refractivity contribution is -0.138. The minimum Gasteiger partial charge on any atom is -0.496 e. The van der Waals surface area contributed by atoms with Crippen molar-refractivity contribution >= 4 is 17.6 Å². The zero-order valence-corrected chi connectivity index (χ0v) is 12.7. The van der Waals surface area contributed by atoms with Gasteiger partial charge in [0, 0.05) is 5.02 Å². The van der Waals surface area contributed by atoms with Gasteiger partial charge >= 0.3 is 5.97 Å². The number of hydrogen-bond acceptors (Lipinski definition) is 2. The largest absolute Gasteiger partial charge is 0.496 e. The molecular formula is C17H17ClO3. The standard InChI is InChI=1S/C17H17ClO3/c1-11-9-12(7-8-16(11)21-2)14(17(19)20)10-13-5-3-4-6-15(13)18/h3-9,14H,10H2,1-2H3,(H,19,20). The van der Waals surface area contributed by atoms with Crippen molar-refractivity contribution in [1.29, 1.82) is 0 Å². The molecule has 1 N–H and O–H groups in total. The van der Waals surface area contributed by atoms with E-state index >= 15 is 0 Å². The average Bonchev–Trinajstić information content (AvgIpc) is 2.46. The second kappa shape index (κ2) is 6.64. The Bertz CT molecular complexity index is 652. The van der Waals surface area contributed by atoms with E-state index in [0.717, 1.165) is 22.4 Å². The highest BCUT2D eigenvalue weighted by Gasteiger charge is 2.22. The SMILES string of the molecule is COc1ccc(C(Cc2ccccc2Cl)C(=O)O)cc1C. The first kappa shape index (κ1) is 15.4. The van der Waals surface area contributed by atoms with Gasteiger partial charge in [0.05, 0.1) is 13.0 Å². The summed E-state index contributed by atoms with van der Waals surface area (Å²) in [7, 11) is 1.60. The quantitative estimate of drug-likeness (QED) is 0.906. The lowest BCUT2D eigenvalue weighted by atomic mass is 9.91. The Morgan fingerprint density at radius 1 is 1.29 bits per heavy atom. The van der Waals surface area contributed by atoms with Crippen molar-refractivity contribution in [1.82, 2.24) is 0 Å². The van der Waals surface area contributed by atoms with E-state index in [1.807, 2.05) is 31.2 Å². The van der Waals surface area contributed by atoms with Crippen LogP contribution in [0.25, 0.3) is 0 Å². The topological polar surface area (TPSA) is 46.5 Å². The van der Waals surface area contributed by atoms with Crippen molar-refractivity contribution in [3.8, 4) is 5.75 Å². The van der Waals surface area contributed by atoms with E-state index in [-0.39, 0.29) is 0 Å². The molecule has 0 saturated heterocycles. The first-order valence-corrected chi connectivity index (χ1v) is 7.01. The summed E-state index contributed by atoms with van der Waals surface area (Å²) in [6, 6.07) is 12.8. The molecule has 2 rings (SSSR count). The van der Waals surface area contributed by atoms with Gasteiger partial charge in [0.15, 0.2) is 0 Å². The first-order chi connectivity index (χ1) is 10.0. The lowest BCUT2D eigenvalue weighted by Gasteiger charge is -2.15. The lowest BCUT2D eigenvalue weighted by Crippen LogP contribution is -2.15. The molecule has 0 spiro atoms. The number of carboxylic acids is 1. The fraction of sp³-hybridized carbons (Fsp3) is 0.235. The molecule has 0 fully saturated rings. The summed E-state index contributed by atoms with van der Waals surface area (Å²) in [5.74, 6) is -0.741. The molecule has 4 heteroatoms. The van der Waals surface area contributed by atoms with Crippen LogP contribution < -0.4 is 4.74 Å². The number of carboxylic acid groups (broad SMARTS) is 1. The fourth-order valence-electron chi connectivity index (χ4n) is 2.35. The molecule has 0 aliphatic rings. The van der Waals surface area contributed by atoms with Crippen LogP contribution in [0.3, 0.4) is 0 Å². The highest BCUT2D eigenvalue weighted by atomic mass is 35.5. The fourth-order valence-corrected chi connectivity index (χ4v) is 2.56. The number of carbonyl (C=O) groups is 1. The van der Waals surface area contributed by atoms with Crippen LogP contribution in [-0.4, -0.2) is 18.2 Å². The van der Waals surface area contributed by atoms with E-state index < -0.39 is 11.9 Å². The number of rotatable bonds is 5. The molecular weight excluding hydrogens is 288 g/mol. The maximum atomic E-state index is 11.6. The zero-order valence-electron chi connectivity index (χ0n) is 12.0. The predicted molar refractivity (Wildman–Crippen MR) is 83.3 cm³/mol. The normalized spacial score (nSPS) is 12.0. The third kappa shape index (κ3) is 3.56. The number of ether oxygens (including phenoxy) is 1. The van der Waals surface area contributed by atoms with Crippen LogP contribution in [0, 0.1) is 6.92 Å². The zero-order chi connectivity index (χ0) is 15.4. The molecule has 2 aromatic rings. The van der Waals surface area contributed by atoms with Crippen LogP contribution in [0.2, 0.25) is 5.02 Å². The average molecular weight is 305 g/mol. The Hall–Kier alpha value is -2.00. The number of methoxy groups -OCH3 is 1. The van der Waals surface area contributed by atoms with Crippen molar-refractivity contribution in [2.24, 2.45) is 0 Å². The number of benzene rings is 2. The second-order valence-corrected chi connectivity index (χ2v) is 5.32. The van der Waals surface area contributed by atoms with Gasteiger partial charge in [-0.05, 0) is 42.2 Å². The van der Waals surface area contributed by atoms with Gasteiger partial charge in [0.25, 0.3) is 0 Å². The molecule has 0 saturated carbocycles. The predicted octanol–water partition coefficient (Wildman–Crippen LogP) is 4.07. The monoisotopic (exact) mass is 304 g/mol. The van der Waals surface area contributed by atoms with Crippen molar-refractivity contribution < 1.29 is 14.6 Å². The van der Waals surface area contributed by atoms with E-state index in [9.17, 15) is 9.90 Å². The van der Waals surface area contributed by atoms with E-state index in [4.69, 9.17) is 16.3 Å². The van der Waals surface area contributed by atoms with Crippen molar-refractivity contribution in [2.45, 2.75) is 19.3 Å². The molecule has 2 aromatic carbocycles. The third-order valence-corrected chi connectivity index (χ3v) is 3.87. The third-order valence-electron chi connectivity index (χ3n) is 3.50. The van der Waals surface area contributed by atoms with Gasteiger partial charge in [-0.3, -0.25) is 4.79 Å². The molecule has 0 bridgehead atoms. The number of hydrogen-bond donors (Lipinski definition) is 1. The Morgan fingerprint density at radius 2 is 2.00 bits per heavy atom. The van der Waals surface area contributed by atoms with E-state index in [1.54, 1.807) is 25.3 Å². The number of aliphatic carboxylic acids is 1. The minimum atomic E-state index is -0.862. The summed E-state index contributed by atoms with van der Waals surface area (Å²) in [4.78, 5) is 11.6. The van der Waals surface area contributed by atoms with Gasteiger partial charge in [0.1, 0.15) is 5.75 Å². The highest BCUT2D eigenvalue weighted by Crippen LogP contribution is 2.28. The summed E-state index contributed by atoms with van der Waals surface area (Å²) >= 11 is 6.13. The minimum absolute atomic E-state index is 0.362. The number of halogens is 1. The van der Waals surface area contributed by atoms with Crippen LogP contribution in [-0.2, 0) is 11.2 Å². The Labute approximate surface area is 129 Å². The molecule has 21 heavy (non-hydrogen) atoms. The molecule has 0 heterocycles. The van der Waals surface area contributed by atoms with Gasteiger partial charge < -0.3 is 9.84 Å².